The summed E-state index contributed by atoms with van der Waals surface area (Å²) in [5, 5.41) is 7.35. The molecule has 1 saturated carbocycles. The van der Waals surface area contributed by atoms with Crippen molar-refractivity contribution in [2.24, 2.45) is 0 Å². The van der Waals surface area contributed by atoms with Crippen molar-refractivity contribution in [2.45, 2.75) is 24.7 Å². The van der Waals surface area contributed by atoms with E-state index in [2.05, 4.69) is 22.8 Å². The molecule has 0 saturated heterocycles. The topological polar surface area (TPSA) is 41.1 Å². The molecule has 2 amide bonds. The van der Waals surface area contributed by atoms with Crippen LogP contribution in [0, 0.1) is 0 Å². The number of hydrogen-bond donors (Lipinski definition) is 2. The number of amides is 2. The van der Waals surface area contributed by atoms with E-state index in [0.29, 0.717) is 13.1 Å². The summed E-state index contributed by atoms with van der Waals surface area (Å²) in [6, 6.07) is 15.5. The van der Waals surface area contributed by atoms with Gasteiger partial charge in [-0.1, -0.05) is 47.5 Å². The Balaban J connectivity index is 1.42. The second-order valence-corrected chi connectivity index (χ2v) is 7.15. The number of rotatable bonds is 6. The minimum absolute atomic E-state index is 0.0815. The zero-order valence-electron chi connectivity index (χ0n) is 13.3. The van der Waals surface area contributed by atoms with Crippen LogP contribution in [-0.2, 0) is 11.8 Å². The Morgan fingerprint density at radius 3 is 2.08 bits per heavy atom. The normalized spacial score (nSPS) is 14.9. The van der Waals surface area contributed by atoms with Crippen LogP contribution in [-0.4, -0.2) is 19.1 Å². The fraction of sp³-hybridized carbons (Fsp3) is 0.316. The quantitative estimate of drug-likeness (QED) is 0.776. The Kier molecular flexibility index (Phi) is 5.32. The molecule has 0 radical (unpaired) electrons. The Hall–Kier alpha value is -1.71. The maximum Gasteiger partial charge on any atom is 0.314 e. The monoisotopic (exact) mass is 362 g/mol. The van der Waals surface area contributed by atoms with E-state index < -0.39 is 0 Å². The highest BCUT2D eigenvalue weighted by molar-refractivity contribution is 6.30. The summed E-state index contributed by atoms with van der Waals surface area (Å²) in [7, 11) is 0. The zero-order valence-corrected chi connectivity index (χ0v) is 14.8. The molecule has 2 N–H and O–H groups in total. The Bertz CT molecular complexity index is 694. The average Bonchev–Trinajstić information content (AvgIpc) is 3.37. The van der Waals surface area contributed by atoms with Crippen LogP contribution in [0.4, 0.5) is 4.79 Å². The van der Waals surface area contributed by atoms with Crippen molar-refractivity contribution in [2.75, 3.05) is 13.1 Å². The lowest BCUT2D eigenvalue weighted by Gasteiger charge is -2.17. The van der Waals surface area contributed by atoms with Gasteiger partial charge in [0.25, 0.3) is 0 Å². The summed E-state index contributed by atoms with van der Waals surface area (Å²) in [4.78, 5) is 12.0. The number of carbonyl (C=O) groups excluding carboxylic acids is 1. The first-order valence-corrected chi connectivity index (χ1v) is 8.85. The maximum atomic E-state index is 12.0. The van der Waals surface area contributed by atoms with E-state index in [-0.39, 0.29) is 11.4 Å². The van der Waals surface area contributed by atoms with Gasteiger partial charge < -0.3 is 10.6 Å². The summed E-state index contributed by atoms with van der Waals surface area (Å²) in [6.45, 7) is 1.25. The summed E-state index contributed by atoms with van der Waals surface area (Å²) in [5.41, 5.74) is 2.48. The highest BCUT2D eigenvalue weighted by atomic mass is 35.5. The van der Waals surface area contributed by atoms with E-state index in [1.807, 2.05) is 36.4 Å². The first-order chi connectivity index (χ1) is 11.6. The zero-order chi connectivity index (χ0) is 17.0. The maximum absolute atomic E-state index is 12.0. The van der Waals surface area contributed by atoms with E-state index in [4.69, 9.17) is 23.2 Å². The van der Waals surface area contributed by atoms with Crippen LogP contribution >= 0.6 is 23.2 Å². The van der Waals surface area contributed by atoms with Crippen LogP contribution in [0.1, 0.15) is 24.0 Å². The average molecular weight is 363 g/mol. The van der Waals surface area contributed by atoms with Gasteiger partial charge in [0, 0.05) is 28.5 Å². The number of halogens is 2. The Morgan fingerprint density at radius 1 is 0.917 bits per heavy atom. The Labute approximate surface area is 152 Å². The first kappa shape index (κ1) is 17.1. The van der Waals surface area contributed by atoms with E-state index in [1.54, 1.807) is 0 Å². The van der Waals surface area contributed by atoms with Gasteiger partial charge >= 0.3 is 6.03 Å². The summed E-state index contributed by atoms with van der Waals surface area (Å²) < 4.78 is 0. The van der Waals surface area contributed by atoms with Gasteiger partial charge in [-0.3, -0.25) is 0 Å². The standard InChI is InChI=1S/C19H20Cl2N2O/c20-16-5-1-14(2-6-16)9-12-22-18(24)23-13-19(10-11-19)15-3-7-17(21)8-4-15/h1-8H,9-13H2,(H2,22,23,24). The molecule has 0 spiro atoms. The summed E-state index contributed by atoms with van der Waals surface area (Å²) >= 11 is 11.8. The fourth-order valence-corrected chi connectivity index (χ4v) is 3.06. The lowest BCUT2D eigenvalue weighted by atomic mass is 9.96. The number of benzene rings is 2. The van der Waals surface area contributed by atoms with Crippen molar-refractivity contribution in [1.82, 2.24) is 10.6 Å². The third kappa shape index (κ3) is 4.43. The van der Waals surface area contributed by atoms with Gasteiger partial charge in [0.15, 0.2) is 0 Å². The molecule has 0 bridgehead atoms. The largest absolute Gasteiger partial charge is 0.338 e. The lowest BCUT2D eigenvalue weighted by Crippen LogP contribution is -2.40. The molecule has 0 aliphatic heterocycles. The van der Waals surface area contributed by atoms with Crippen LogP contribution in [0.15, 0.2) is 48.5 Å². The molecule has 0 atom stereocenters. The molecular formula is C19H20Cl2N2O. The molecule has 126 valence electrons. The second-order valence-electron chi connectivity index (χ2n) is 6.27. The molecule has 0 unspecified atom stereocenters. The van der Waals surface area contributed by atoms with Gasteiger partial charge in [-0.05, 0) is 54.7 Å². The van der Waals surface area contributed by atoms with Crippen LogP contribution in [0.3, 0.4) is 0 Å². The summed E-state index contributed by atoms with van der Waals surface area (Å²) in [6.07, 6.45) is 2.98. The van der Waals surface area contributed by atoms with Gasteiger partial charge in [0.1, 0.15) is 0 Å². The van der Waals surface area contributed by atoms with Crippen molar-refractivity contribution in [3.05, 3.63) is 69.7 Å². The fourth-order valence-electron chi connectivity index (χ4n) is 2.81. The summed E-state index contributed by atoms with van der Waals surface area (Å²) in [5.74, 6) is 0. The predicted octanol–water partition coefficient (Wildman–Crippen LogP) is 4.57. The van der Waals surface area contributed by atoms with Crippen molar-refractivity contribution < 1.29 is 4.79 Å². The molecule has 3 rings (SSSR count). The molecule has 5 heteroatoms. The number of urea groups is 1. The number of hydrogen-bond acceptors (Lipinski definition) is 1. The smallest absolute Gasteiger partial charge is 0.314 e. The molecular weight excluding hydrogens is 343 g/mol. The molecule has 1 fully saturated rings. The lowest BCUT2D eigenvalue weighted by molar-refractivity contribution is 0.240. The van der Waals surface area contributed by atoms with E-state index in [1.165, 1.54) is 5.56 Å². The van der Waals surface area contributed by atoms with Gasteiger partial charge in [0.05, 0.1) is 0 Å². The van der Waals surface area contributed by atoms with Crippen LogP contribution in [0.25, 0.3) is 0 Å². The molecule has 0 heterocycles. The van der Waals surface area contributed by atoms with Crippen molar-refractivity contribution >= 4 is 29.2 Å². The Morgan fingerprint density at radius 2 is 1.50 bits per heavy atom. The van der Waals surface area contributed by atoms with Crippen molar-refractivity contribution in [3.8, 4) is 0 Å². The molecule has 2 aromatic rings. The molecule has 1 aliphatic rings. The van der Waals surface area contributed by atoms with E-state index in [9.17, 15) is 4.79 Å². The van der Waals surface area contributed by atoms with Crippen LogP contribution < -0.4 is 10.6 Å². The minimum atomic E-state index is -0.121. The first-order valence-electron chi connectivity index (χ1n) is 8.10. The van der Waals surface area contributed by atoms with E-state index >= 15 is 0 Å². The number of carbonyl (C=O) groups is 1. The third-order valence-electron chi connectivity index (χ3n) is 4.51. The van der Waals surface area contributed by atoms with Gasteiger partial charge in [-0.2, -0.15) is 0 Å². The second kappa shape index (κ2) is 7.45. The van der Waals surface area contributed by atoms with Crippen LogP contribution in [0.5, 0.6) is 0 Å². The molecule has 1 aliphatic carbocycles. The molecule has 3 nitrogen and oxygen atoms in total. The highest BCUT2D eigenvalue weighted by Crippen LogP contribution is 2.47. The van der Waals surface area contributed by atoms with Crippen molar-refractivity contribution in [1.29, 1.82) is 0 Å². The SMILES string of the molecule is O=C(NCCc1ccc(Cl)cc1)NCC1(c2ccc(Cl)cc2)CC1. The van der Waals surface area contributed by atoms with Gasteiger partial charge in [-0.15, -0.1) is 0 Å². The van der Waals surface area contributed by atoms with E-state index in [0.717, 1.165) is 34.9 Å². The number of nitrogens with one attached hydrogen (secondary N) is 2. The predicted molar refractivity (Wildman–Crippen MR) is 98.9 cm³/mol. The molecule has 0 aromatic heterocycles. The third-order valence-corrected chi connectivity index (χ3v) is 5.01. The highest BCUT2D eigenvalue weighted by Gasteiger charge is 2.44. The molecule has 24 heavy (non-hydrogen) atoms. The van der Waals surface area contributed by atoms with Gasteiger partial charge in [0.2, 0.25) is 0 Å². The van der Waals surface area contributed by atoms with Crippen molar-refractivity contribution in [3.63, 3.8) is 0 Å². The molecule has 2 aromatic carbocycles. The van der Waals surface area contributed by atoms with Crippen LogP contribution in [0.2, 0.25) is 10.0 Å². The minimum Gasteiger partial charge on any atom is -0.338 e. The van der Waals surface area contributed by atoms with Gasteiger partial charge in [-0.25, -0.2) is 4.79 Å².